The Hall–Kier alpha value is -1.39. The third-order valence-electron chi connectivity index (χ3n) is 4.38. The van der Waals surface area contributed by atoms with E-state index in [0.717, 1.165) is 37.1 Å². The first-order valence-corrected chi connectivity index (χ1v) is 8.03. The summed E-state index contributed by atoms with van der Waals surface area (Å²) in [6.07, 6.45) is 2.51. The summed E-state index contributed by atoms with van der Waals surface area (Å²) in [6.45, 7) is 5.26. The summed E-state index contributed by atoms with van der Waals surface area (Å²) in [5.74, 6) is 0.120. The van der Waals surface area contributed by atoms with Crippen LogP contribution in [0.1, 0.15) is 42.6 Å². The number of rotatable bonds is 5. The van der Waals surface area contributed by atoms with Gasteiger partial charge in [-0.25, -0.2) is 0 Å². The van der Waals surface area contributed by atoms with Crippen LogP contribution in [-0.2, 0) is 6.42 Å². The monoisotopic (exact) mass is 304 g/mol. The lowest BCUT2D eigenvalue weighted by Gasteiger charge is -2.21. The molecule has 0 radical (unpaired) electrons. The van der Waals surface area contributed by atoms with Gasteiger partial charge in [-0.1, -0.05) is 12.1 Å². The molecule has 0 aliphatic carbocycles. The van der Waals surface area contributed by atoms with Crippen LogP contribution in [0.25, 0.3) is 0 Å². The molecule has 1 heterocycles. The molecule has 0 unspecified atom stereocenters. The van der Waals surface area contributed by atoms with E-state index in [9.17, 15) is 9.90 Å². The van der Waals surface area contributed by atoms with Crippen molar-refractivity contribution in [1.82, 2.24) is 9.80 Å². The van der Waals surface area contributed by atoms with Crippen LogP contribution in [0.15, 0.2) is 24.3 Å². The van der Waals surface area contributed by atoms with Gasteiger partial charge in [0.1, 0.15) is 0 Å². The van der Waals surface area contributed by atoms with E-state index in [2.05, 4.69) is 19.0 Å². The third-order valence-corrected chi connectivity index (χ3v) is 4.38. The molecule has 0 aromatic heterocycles. The Labute approximate surface area is 133 Å². The van der Waals surface area contributed by atoms with Crippen molar-refractivity contribution < 1.29 is 9.90 Å². The number of carbonyl (C=O) groups excluding carboxylic acids is 1. The van der Waals surface area contributed by atoms with E-state index in [4.69, 9.17) is 0 Å². The minimum absolute atomic E-state index is 0.120. The number of carbonyl (C=O) groups is 1. The second kappa shape index (κ2) is 6.80. The molecule has 1 aromatic rings. The quantitative estimate of drug-likeness (QED) is 0.906. The number of hydrogen-bond acceptors (Lipinski definition) is 3. The van der Waals surface area contributed by atoms with Crippen LogP contribution < -0.4 is 0 Å². The topological polar surface area (TPSA) is 43.8 Å². The highest BCUT2D eigenvalue weighted by Crippen LogP contribution is 2.19. The highest BCUT2D eigenvalue weighted by Gasteiger charge is 2.28. The predicted molar refractivity (Wildman–Crippen MR) is 89.1 cm³/mol. The molecule has 122 valence electrons. The van der Waals surface area contributed by atoms with Crippen molar-refractivity contribution in [2.45, 2.75) is 44.8 Å². The largest absolute Gasteiger partial charge is 0.390 e. The first-order chi connectivity index (χ1) is 10.3. The molecule has 1 N–H and O–H groups in total. The number of benzene rings is 1. The summed E-state index contributed by atoms with van der Waals surface area (Å²) in [7, 11) is 4.13. The summed E-state index contributed by atoms with van der Waals surface area (Å²) in [4.78, 5) is 16.8. The Morgan fingerprint density at radius 3 is 2.73 bits per heavy atom. The van der Waals surface area contributed by atoms with Crippen LogP contribution in [0, 0.1) is 0 Å². The number of likely N-dealkylation sites (tertiary alicyclic amines) is 1. The Balaban J connectivity index is 2.02. The third kappa shape index (κ3) is 4.55. The molecular formula is C18H28N2O2. The number of hydrogen-bond donors (Lipinski definition) is 1. The fraction of sp³-hybridized carbons (Fsp3) is 0.611. The fourth-order valence-electron chi connectivity index (χ4n) is 2.84. The molecule has 1 aliphatic rings. The molecule has 1 atom stereocenters. The Bertz CT molecular complexity index is 520. The molecule has 4 nitrogen and oxygen atoms in total. The van der Waals surface area contributed by atoms with Gasteiger partial charge >= 0.3 is 0 Å². The molecule has 1 aromatic carbocycles. The van der Waals surface area contributed by atoms with Crippen molar-refractivity contribution in [3.63, 3.8) is 0 Å². The zero-order valence-electron chi connectivity index (χ0n) is 14.2. The number of aryl methyl sites for hydroxylation is 1. The van der Waals surface area contributed by atoms with Gasteiger partial charge in [-0.05, 0) is 64.9 Å². The SMILES string of the molecule is CN(C)[C@@H]1CCN(C(=O)c2cccc(CCC(C)(C)O)c2)C1. The van der Waals surface area contributed by atoms with Crippen LogP contribution in [-0.4, -0.2) is 59.6 Å². The van der Waals surface area contributed by atoms with Gasteiger partial charge in [0.2, 0.25) is 0 Å². The van der Waals surface area contributed by atoms with Crippen LogP contribution in [0.4, 0.5) is 0 Å². The van der Waals surface area contributed by atoms with Crippen molar-refractivity contribution in [1.29, 1.82) is 0 Å². The molecule has 0 bridgehead atoms. The van der Waals surface area contributed by atoms with Crippen molar-refractivity contribution in [2.24, 2.45) is 0 Å². The first kappa shape index (κ1) is 17.0. The molecule has 1 fully saturated rings. The lowest BCUT2D eigenvalue weighted by Crippen LogP contribution is -2.34. The number of aliphatic hydroxyl groups is 1. The van der Waals surface area contributed by atoms with Gasteiger partial charge in [0.05, 0.1) is 5.60 Å². The van der Waals surface area contributed by atoms with Crippen LogP contribution in [0.2, 0.25) is 0 Å². The van der Waals surface area contributed by atoms with Crippen molar-refractivity contribution >= 4 is 5.91 Å². The van der Waals surface area contributed by atoms with Crippen molar-refractivity contribution in [3.05, 3.63) is 35.4 Å². The van der Waals surface area contributed by atoms with Crippen LogP contribution in [0.3, 0.4) is 0 Å². The molecule has 0 spiro atoms. The lowest BCUT2D eigenvalue weighted by atomic mass is 9.98. The Morgan fingerprint density at radius 1 is 1.41 bits per heavy atom. The minimum atomic E-state index is -0.673. The lowest BCUT2D eigenvalue weighted by molar-refractivity contribution is 0.0714. The first-order valence-electron chi connectivity index (χ1n) is 8.03. The molecule has 1 aliphatic heterocycles. The zero-order valence-corrected chi connectivity index (χ0v) is 14.2. The summed E-state index contributed by atoms with van der Waals surface area (Å²) >= 11 is 0. The molecule has 2 rings (SSSR count). The minimum Gasteiger partial charge on any atom is -0.390 e. The molecule has 1 saturated heterocycles. The molecule has 0 saturated carbocycles. The summed E-state index contributed by atoms with van der Waals surface area (Å²) in [6, 6.07) is 8.28. The summed E-state index contributed by atoms with van der Waals surface area (Å²) < 4.78 is 0. The van der Waals surface area contributed by atoms with Gasteiger partial charge in [-0.15, -0.1) is 0 Å². The maximum absolute atomic E-state index is 12.6. The second-order valence-corrected chi connectivity index (χ2v) is 7.17. The van der Waals surface area contributed by atoms with E-state index in [-0.39, 0.29) is 5.91 Å². The number of likely N-dealkylation sites (N-methyl/N-ethyl adjacent to an activating group) is 1. The van der Waals surface area contributed by atoms with Gasteiger partial charge in [-0.2, -0.15) is 0 Å². The molecular weight excluding hydrogens is 276 g/mol. The normalized spacial score (nSPS) is 19.0. The average molecular weight is 304 g/mol. The molecule has 1 amide bonds. The highest BCUT2D eigenvalue weighted by molar-refractivity contribution is 5.94. The fourth-order valence-corrected chi connectivity index (χ4v) is 2.84. The van der Waals surface area contributed by atoms with Crippen LogP contribution in [0.5, 0.6) is 0 Å². The molecule has 22 heavy (non-hydrogen) atoms. The Morgan fingerprint density at radius 2 is 2.14 bits per heavy atom. The van der Waals surface area contributed by atoms with Gasteiger partial charge < -0.3 is 14.9 Å². The smallest absolute Gasteiger partial charge is 0.253 e. The second-order valence-electron chi connectivity index (χ2n) is 7.17. The van der Waals surface area contributed by atoms with E-state index in [0.29, 0.717) is 12.5 Å². The van der Waals surface area contributed by atoms with Gasteiger partial charge in [0.15, 0.2) is 0 Å². The van der Waals surface area contributed by atoms with E-state index in [1.807, 2.05) is 43.0 Å². The summed E-state index contributed by atoms with van der Waals surface area (Å²) in [5.41, 5.74) is 1.19. The van der Waals surface area contributed by atoms with E-state index >= 15 is 0 Å². The highest BCUT2D eigenvalue weighted by atomic mass is 16.3. The van der Waals surface area contributed by atoms with Crippen molar-refractivity contribution in [3.8, 4) is 0 Å². The van der Waals surface area contributed by atoms with Crippen LogP contribution >= 0.6 is 0 Å². The Kier molecular flexibility index (Phi) is 5.24. The summed E-state index contributed by atoms with van der Waals surface area (Å²) in [5, 5.41) is 9.83. The van der Waals surface area contributed by atoms with Gasteiger partial charge in [0.25, 0.3) is 5.91 Å². The average Bonchev–Trinajstić information content (AvgIpc) is 2.94. The van der Waals surface area contributed by atoms with Crippen molar-refractivity contribution in [2.75, 3.05) is 27.2 Å². The van der Waals surface area contributed by atoms with E-state index in [1.54, 1.807) is 0 Å². The standard InChI is InChI=1S/C18H28N2O2/c1-18(2,22)10-8-14-6-5-7-15(12-14)17(21)20-11-9-16(13-20)19(3)4/h5-7,12,16,22H,8-11,13H2,1-4H3/t16-/m1/s1. The van der Waals surface area contributed by atoms with E-state index in [1.165, 1.54) is 0 Å². The predicted octanol–water partition coefficient (Wildman–Crippen LogP) is 2.17. The van der Waals surface area contributed by atoms with E-state index < -0.39 is 5.60 Å². The zero-order chi connectivity index (χ0) is 16.3. The maximum atomic E-state index is 12.6. The van der Waals surface area contributed by atoms with Gasteiger partial charge in [-0.3, -0.25) is 4.79 Å². The molecule has 4 heteroatoms. The maximum Gasteiger partial charge on any atom is 0.253 e. The number of amides is 1. The number of nitrogens with zero attached hydrogens (tertiary/aromatic N) is 2. The van der Waals surface area contributed by atoms with Gasteiger partial charge in [0, 0.05) is 24.7 Å².